The highest BCUT2D eigenvalue weighted by Gasteiger charge is 2.47. The van der Waals surface area contributed by atoms with E-state index in [1.165, 1.54) is 65.2 Å². The molecule has 3 aliphatic heterocycles. The van der Waals surface area contributed by atoms with Crippen LogP contribution in [0.4, 0.5) is 40.7 Å². The van der Waals surface area contributed by atoms with Crippen molar-refractivity contribution in [2.45, 2.75) is 76.1 Å². The summed E-state index contributed by atoms with van der Waals surface area (Å²) in [6.07, 6.45) is 0.594. The number of fused-ring (bicyclic) bond motifs is 2. The Labute approximate surface area is 343 Å². The summed E-state index contributed by atoms with van der Waals surface area (Å²) in [5.74, 6) is -2.87. The zero-order chi connectivity index (χ0) is 43.0. The molecule has 2 fully saturated rings. The predicted molar refractivity (Wildman–Crippen MR) is 212 cm³/mol. The second-order valence-electron chi connectivity index (χ2n) is 14.3. The first-order valence-electron chi connectivity index (χ1n) is 19.5. The van der Waals surface area contributed by atoms with Gasteiger partial charge in [-0.1, -0.05) is 12.7 Å². The fourth-order valence-corrected chi connectivity index (χ4v) is 7.22. The van der Waals surface area contributed by atoms with Gasteiger partial charge in [0, 0.05) is 50.3 Å². The van der Waals surface area contributed by atoms with Crippen LogP contribution >= 0.6 is 0 Å². The lowest BCUT2D eigenvalue weighted by Crippen LogP contribution is -2.57. The molecule has 3 aliphatic rings. The molecule has 322 valence electrons. The Morgan fingerprint density at radius 2 is 1.68 bits per heavy atom. The van der Waals surface area contributed by atoms with Crippen molar-refractivity contribution in [1.29, 1.82) is 0 Å². The number of aryl methyl sites for hydroxylation is 1. The van der Waals surface area contributed by atoms with Crippen molar-refractivity contribution in [3.63, 3.8) is 0 Å². The Morgan fingerprint density at radius 1 is 0.950 bits per heavy atom. The highest BCUT2D eigenvalue weighted by atomic mass is 19.4. The maximum absolute atomic E-state index is 14.2. The lowest BCUT2D eigenvalue weighted by molar-refractivity contribution is -0.198. The summed E-state index contributed by atoms with van der Waals surface area (Å²) in [5.41, 5.74) is 1.09. The van der Waals surface area contributed by atoms with Crippen LogP contribution in [0, 0.1) is 0 Å². The fraction of sp³-hybridized carbons (Fsp3) is 0.439. The number of rotatable bonds is 14. The van der Waals surface area contributed by atoms with E-state index in [-0.39, 0.29) is 77.7 Å². The van der Waals surface area contributed by atoms with Crippen LogP contribution in [0.3, 0.4) is 0 Å². The first-order chi connectivity index (χ1) is 28.8. The standard InChI is InChI=1S/C41H47F3N6O10/c1-4-18-59-40(55)50-30-23-33(32(56-3)22-28(30)37(53)49-17-7-5-10-29(49)38(50)60-35-12-6-8-19-58-35)57-20-9-11-34(51)45-27-21-31(48(2)24-27)36(52)46-25-13-15-26(16-14-25)47-39(54)41(42,43)44/h4,13-16,21-24,29,35,38H,1,5-12,17-20H2,2-3H3,(H,45,51)(H,46,52)(H,47,54)/t29-,35?,38?/m0/s1. The number of anilines is 4. The largest absolute Gasteiger partial charge is 0.493 e. The molecule has 16 nitrogen and oxygen atoms in total. The second-order valence-corrected chi connectivity index (χ2v) is 14.3. The van der Waals surface area contributed by atoms with Crippen LogP contribution in [0.25, 0.3) is 0 Å². The summed E-state index contributed by atoms with van der Waals surface area (Å²) in [7, 11) is 3.03. The van der Waals surface area contributed by atoms with E-state index in [0.29, 0.717) is 31.7 Å². The van der Waals surface area contributed by atoms with Crippen LogP contribution in [0.2, 0.25) is 0 Å². The van der Waals surface area contributed by atoms with E-state index in [2.05, 4.69) is 17.2 Å². The molecule has 4 heterocycles. The minimum Gasteiger partial charge on any atom is -0.493 e. The monoisotopic (exact) mass is 840 g/mol. The molecule has 5 amide bonds. The number of aromatic nitrogens is 1. The molecule has 0 bridgehead atoms. The van der Waals surface area contributed by atoms with Crippen molar-refractivity contribution in [2.24, 2.45) is 7.05 Å². The topological polar surface area (TPSA) is 179 Å². The van der Waals surface area contributed by atoms with E-state index in [9.17, 15) is 37.1 Å². The third-order valence-electron chi connectivity index (χ3n) is 10.1. The van der Waals surface area contributed by atoms with Crippen LogP contribution in [0.15, 0.2) is 61.3 Å². The summed E-state index contributed by atoms with van der Waals surface area (Å²) in [6, 6.07) is 9.15. The third kappa shape index (κ3) is 10.4. The van der Waals surface area contributed by atoms with Crippen molar-refractivity contribution in [3.05, 3.63) is 72.6 Å². The van der Waals surface area contributed by atoms with Crippen LogP contribution in [-0.4, -0.2) is 97.4 Å². The van der Waals surface area contributed by atoms with Crippen LogP contribution < -0.4 is 30.3 Å². The van der Waals surface area contributed by atoms with Gasteiger partial charge in [-0.3, -0.25) is 19.2 Å². The van der Waals surface area contributed by atoms with Gasteiger partial charge < -0.3 is 49.1 Å². The molecular weight excluding hydrogens is 793 g/mol. The number of hydrogen-bond donors (Lipinski definition) is 3. The number of hydrogen-bond acceptors (Lipinski definition) is 10. The van der Waals surface area contributed by atoms with Gasteiger partial charge in [0.2, 0.25) is 5.91 Å². The summed E-state index contributed by atoms with van der Waals surface area (Å²) in [4.78, 5) is 68.3. The van der Waals surface area contributed by atoms with E-state index in [4.69, 9.17) is 23.7 Å². The minimum atomic E-state index is -5.04. The number of alkyl halides is 3. The molecule has 0 spiro atoms. The summed E-state index contributed by atoms with van der Waals surface area (Å²) in [5, 5.41) is 7.09. The number of halogens is 3. The number of piperidine rings is 1. The molecule has 0 saturated carbocycles. The number of carbonyl (C=O) groups excluding carboxylic acids is 5. The SMILES string of the molecule is C=CCOC(=O)N1c2cc(OCCCC(=O)Nc3cc(C(=O)Nc4ccc(NC(=O)C(F)(F)F)cc4)n(C)c3)c(OC)cc2C(=O)N2CCCC[C@H]2C1OC1CCCCO1. The van der Waals surface area contributed by atoms with Gasteiger partial charge in [0.25, 0.3) is 11.8 Å². The minimum absolute atomic E-state index is 0.0212. The Hall–Kier alpha value is -6.08. The molecule has 3 N–H and O–H groups in total. The van der Waals surface area contributed by atoms with Gasteiger partial charge in [-0.15, -0.1) is 0 Å². The van der Waals surface area contributed by atoms with E-state index in [0.717, 1.165) is 25.7 Å². The summed E-state index contributed by atoms with van der Waals surface area (Å²) in [6.45, 7) is 4.62. The van der Waals surface area contributed by atoms with Gasteiger partial charge in [0.05, 0.1) is 36.7 Å². The molecule has 6 rings (SSSR count). The highest BCUT2D eigenvalue weighted by Crippen LogP contribution is 2.42. The lowest BCUT2D eigenvalue weighted by Gasteiger charge is -2.42. The number of methoxy groups -OCH3 is 1. The van der Waals surface area contributed by atoms with Gasteiger partial charge >= 0.3 is 18.2 Å². The average molecular weight is 841 g/mol. The number of ether oxygens (including phenoxy) is 5. The molecule has 1 aromatic heterocycles. The maximum Gasteiger partial charge on any atom is 0.471 e. The molecular formula is C41H47F3N6O10. The highest BCUT2D eigenvalue weighted by molar-refractivity contribution is 6.06. The molecule has 0 radical (unpaired) electrons. The summed E-state index contributed by atoms with van der Waals surface area (Å²) < 4.78 is 68.9. The normalized spacial score (nSPS) is 18.9. The Balaban J connectivity index is 1.11. The molecule has 2 saturated heterocycles. The van der Waals surface area contributed by atoms with E-state index in [1.54, 1.807) is 23.3 Å². The molecule has 19 heteroatoms. The maximum atomic E-state index is 14.2. The Kier molecular flexibility index (Phi) is 14.0. The zero-order valence-corrected chi connectivity index (χ0v) is 33.2. The average Bonchev–Trinajstić information content (AvgIpc) is 3.56. The number of nitrogens with one attached hydrogen (secondary N) is 3. The van der Waals surface area contributed by atoms with Crippen molar-refractivity contribution < 1.29 is 60.8 Å². The first-order valence-corrected chi connectivity index (χ1v) is 19.5. The van der Waals surface area contributed by atoms with Crippen molar-refractivity contribution in [3.8, 4) is 11.5 Å². The first kappa shape index (κ1) is 43.5. The fourth-order valence-electron chi connectivity index (χ4n) is 7.22. The molecule has 2 unspecified atom stereocenters. The van der Waals surface area contributed by atoms with Gasteiger partial charge in [0.1, 0.15) is 12.3 Å². The van der Waals surface area contributed by atoms with Gasteiger partial charge in [0.15, 0.2) is 24.0 Å². The van der Waals surface area contributed by atoms with Gasteiger partial charge in [-0.05, 0) is 81.3 Å². The zero-order valence-electron chi connectivity index (χ0n) is 33.2. The number of nitrogens with zero attached hydrogens (tertiary/aromatic N) is 3. The van der Waals surface area contributed by atoms with E-state index < -0.39 is 42.6 Å². The van der Waals surface area contributed by atoms with Crippen molar-refractivity contribution in [2.75, 3.05) is 54.3 Å². The molecule has 0 aliphatic carbocycles. The van der Waals surface area contributed by atoms with Crippen LogP contribution in [-0.2, 0) is 30.8 Å². The van der Waals surface area contributed by atoms with Crippen molar-refractivity contribution in [1.82, 2.24) is 9.47 Å². The third-order valence-corrected chi connectivity index (χ3v) is 10.1. The molecule has 60 heavy (non-hydrogen) atoms. The molecule has 2 aromatic carbocycles. The van der Waals surface area contributed by atoms with Crippen LogP contribution in [0.1, 0.15) is 72.2 Å². The van der Waals surface area contributed by atoms with Crippen LogP contribution in [0.5, 0.6) is 11.5 Å². The Morgan fingerprint density at radius 3 is 2.37 bits per heavy atom. The molecule has 3 atom stereocenters. The molecule has 3 aromatic rings. The quantitative estimate of drug-likeness (QED) is 0.119. The van der Waals surface area contributed by atoms with Gasteiger partial charge in [-0.25, -0.2) is 9.69 Å². The second kappa shape index (κ2) is 19.3. The number of carbonyl (C=O) groups is 5. The lowest BCUT2D eigenvalue weighted by atomic mass is 10.00. The van der Waals surface area contributed by atoms with E-state index in [1.807, 2.05) is 0 Å². The smallest absolute Gasteiger partial charge is 0.471 e. The number of amides is 5. The van der Waals surface area contributed by atoms with Crippen molar-refractivity contribution >= 4 is 52.5 Å². The van der Waals surface area contributed by atoms with E-state index >= 15 is 0 Å². The van der Waals surface area contributed by atoms with Gasteiger partial charge in [-0.2, -0.15) is 13.2 Å². The summed E-state index contributed by atoms with van der Waals surface area (Å²) >= 11 is 0. The predicted octanol–water partition coefficient (Wildman–Crippen LogP) is 6.59. The Bertz CT molecular complexity index is 2070. The number of benzene rings is 2.